The van der Waals surface area contributed by atoms with Crippen molar-refractivity contribution in [2.45, 2.75) is 6.04 Å². The minimum absolute atomic E-state index is 0.0984. The van der Waals surface area contributed by atoms with Crippen molar-refractivity contribution in [3.63, 3.8) is 0 Å². The largest absolute Gasteiger partial charge is 0.348 e. The van der Waals surface area contributed by atoms with Crippen molar-refractivity contribution < 1.29 is 4.92 Å². The van der Waals surface area contributed by atoms with E-state index in [1.54, 1.807) is 12.3 Å². The third-order valence-corrected chi connectivity index (χ3v) is 3.85. The molecule has 1 aromatic heterocycles. The van der Waals surface area contributed by atoms with Crippen LogP contribution in [0.3, 0.4) is 0 Å². The lowest BCUT2D eigenvalue weighted by Crippen LogP contribution is -2.61. The highest BCUT2D eigenvalue weighted by Crippen LogP contribution is 2.26. The molecule has 7 heteroatoms. The van der Waals surface area contributed by atoms with E-state index < -0.39 is 0 Å². The molecule has 2 saturated heterocycles. The molecule has 2 aliphatic heterocycles. The van der Waals surface area contributed by atoms with E-state index in [1.165, 1.54) is 6.07 Å². The first-order valence-electron chi connectivity index (χ1n) is 6.55. The predicted octanol–water partition coefficient (Wildman–Crippen LogP) is 0.0836. The summed E-state index contributed by atoms with van der Waals surface area (Å²) in [5, 5.41) is 14.3. The molecule has 0 aromatic carbocycles. The topological polar surface area (TPSA) is 74.5 Å². The SMILES string of the molecule is O=[N+]([O-])c1cccnc1N1CCN(C2CNC2)CC1. The molecule has 102 valence electrons. The zero-order valence-electron chi connectivity index (χ0n) is 10.7. The maximum atomic E-state index is 11.0. The second-order valence-electron chi connectivity index (χ2n) is 4.94. The Morgan fingerprint density at radius 3 is 2.63 bits per heavy atom. The Labute approximate surface area is 111 Å². The molecule has 3 rings (SSSR count). The summed E-state index contributed by atoms with van der Waals surface area (Å²) >= 11 is 0. The van der Waals surface area contributed by atoms with Crippen LogP contribution in [0.2, 0.25) is 0 Å². The third kappa shape index (κ3) is 2.39. The van der Waals surface area contributed by atoms with Crippen LogP contribution in [0, 0.1) is 10.1 Å². The van der Waals surface area contributed by atoms with Crippen LogP contribution < -0.4 is 10.2 Å². The van der Waals surface area contributed by atoms with Gasteiger partial charge in [-0.2, -0.15) is 0 Å². The van der Waals surface area contributed by atoms with E-state index in [4.69, 9.17) is 0 Å². The van der Waals surface area contributed by atoms with Gasteiger partial charge in [0.1, 0.15) is 0 Å². The molecule has 7 nitrogen and oxygen atoms in total. The minimum Gasteiger partial charge on any atom is -0.348 e. The monoisotopic (exact) mass is 263 g/mol. The second kappa shape index (κ2) is 5.10. The van der Waals surface area contributed by atoms with E-state index in [0.29, 0.717) is 11.9 Å². The fraction of sp³-hybridized carbons (Fsp3) is 0.583. The van der Waals surface area contributed by atoms with Gasteiger partial charge in [0.05, 0.1) is 4.92 Å². The van der Waals surface area contributed by atoms with Gasteiger partial charge in [0.15, 0.2) is 0 Å². The molecule has 1 aromatic rings. The summed E-state index contributed by atoms with van der Waals surface area (Å²) in [6, 6.07) is 3.77. The molecule has 2 aliphatic rings. The molecular formula is C12H17N5O2. The molecule has 0 unspecified atom stereocenters. The summed E-state index contributed by atoms with van der Waals surface area (Å²) in [5.41, 5.74) is 0.0984. The van der Waals surface area contributed by atoms with Crippen molar-refractivity contribution in [2.75, 3.05) is 44.2 Å². The van der Waals surface area contributed by atoms with Gasteiger partial charge < -0.3 is 10.2 Å². The zero-order chi connectivity index (χ0) is 13.2. The van der Waals surface area contributed by atoms with Crippen LogP contribution in [0.25, 0.3) is 0 Å². The van der Waals surface area contributed by atoms with Crippen LogP contribution in [0.4, 0.5) is 11.5 Å². The van der Waals surface area contributed by atoms with Crippen molar-refractivity contribution >= 4 is 11.5 Å². The molecule has 0 bridgehead atoms. The van der Waals surface area contributed by atoms with Crippen LogP contribution in [0.1, 0.15) is 0 Å². The van der Waals surface area contributed by atoms with Crippen LogP contribution >= 0.6 is 0 Å². The number of nitro groups is 1. The highest BCUT2D eigenvalue weighted by Gasteiger charge is 2.30. The van der Waals surface area contributed by atoms with Crippen molar-refractivity contribution in [3.05, 3.63) is 28.4 Å². The highest BCUT2D eigenvalue weighted by atomic mass is 16.6. The first kappa shape index (κ1) is 12.3. The number of rotatable bonds is 3. The maximum absolute atomic E-state index is 11.0. The van der Waals surface area contributed by atoms with Crippen molar-refractivity contribution in [2.24, 2.45) is 0 Å². The Hall–Kier alpha value is -1.73. The second-order valence-corrected chi connectivity index (χ2v) is 4.94. The van der Waals surface area contributed by atoms with Gasteiger partial charge in [-0.25, -0.2) is 4.98 Å². The Balaban J connectivity index is 1.69. The number of nitrogens with one attached hydrogen (secondary N) is 1. The number of hydrogen-bond donors (Lipinski definition) is 1. The molecular weight excluding hydrogens is 246 g/mol. The van der Waals surface area contributed by atoms with Crippen LogP contribution in [0.15, 0.2) is 18.3 Å². The number of nitrogens with zero attached hydrogens (tertiary/aromatic N) is 4. The Morgan fingerprint density at radius 2 is 2.05 bits per heavy atom. The fourth-order valence-electron chi connectivity index (χ4n) is 2.61. The summed E-state index contributed by atoms with van der Waals surface area (Å²) in [6.45, 7) is 5.61. The normalized spacial score (nSPS) is 21.2. The van der Waals surface area contributed by atoms with E-state index >= 15 is 0 Å². The van der Waals surface area contributed by atoms with Gasteiger partial charge in [-0.05, 0) is 6.07 Å². The molecule has 0 saturated carbocycles. The first-order chi connectivity index (χ1) is 9.25. The van der Waals surface area contributed by atoms with Gasteiger partial charge in [-0.3, -0.25) is 15.0 Å². The number of aromatic nitrogens is 1. The molecule has 19 heavy (non-hydrogen) atoms. The number of hydrogen-bond acceptors (Lipinski definition) is 6. The van der Waals surface area contributed by atoms with Crippen LogP contribution in [-0.2, 0) is 0 Å². The summed E-state index contributed by atoms with van der Waals surface area (Å²) in [7, 11) is 0. The summed E-state index contributed by atoms with van der Waals surface area (Å²) in [5.74, 6) is 0.499. The molecule has 3 heterocycles. The van der Waals surface area contributed by atoms with Gasteiger partial charge in [0, 0.05) is 57.6 Å². The standard InChI is InChI=1S/C12H17N5O2/c18-17(19)11-2-1-3-14-12(11)16-6-4-15(5-7-16)10-8-13-9-10/h1-3,10,13H,4-9H2. The van der Waals surface area contributed by atoms with Gasteiger partial charge >= 0.3 is 5.69 Å². The van der Waals surface area contributed by atoms with E-state index in [9.17, 15) is 10.1 Å². The molecule has 1 N–H and O–H groups in total. The quantitative estimate of drug-likeness (QED) is 0.615. The molecule has 2 fully saturated rings. The average molecular weight is 263 g/mol. The van der Waals surface area contributed by atoms with Crippen molar-refractivity contribution in [3.8, 4) is 0 Å². The molecule has 0 aliphatic carbocycles. The minimum atomic E-state index is -0.357. The first-order valence-corrected chi connectivity index (χ1v) is 6.55. The van der Waals surface area contributed by atoms with Crippen LogP contribution in [-0.4, -0.2) is 60.1 Å². The molecule has 0 amide bonds. The van der Waals surface area contributed by atoms with Crippen molar-refractivity contribution in [1.82, 2.24) is 15.2 Å². The lowest BCUT2D eigenvalue weighted by molar-refractivity contribution is -0.384. The fourth-order valence-corrected chi connectivity index (χ4v) is 2.61. The Kier molecular flexibility index (Phi) is 3.31. The van der Waals surface area contributed by atoms with E-state index in [1.807, 2.05) is 4.90 Å². The highest BCUT2D eigenvalue weighted by molar-refractivity contribution is 5.57. The van der Waals surface area contributed by atoms with Gasteiger partial charge in [0.25, 0.3) is 0 Å². The average Bonchev–Trinajstić information content (AvgIpc) is 2.37. The third-order valence-electron chi connectivity index (χ3n) is 3.85. The summed E-state index contributed by atoms with van der Waals surface area (Å²) in [4.78, 5) is 19.3. The Bertz CT molecular complexity index is 469. The van der Waals surface area contributed by atoms with Gasteiger partial charge in [-0.15, -0.1) is 0 Å². The maximum Gasteiger partial charge on any atom is 0.311 e. The lowest BCUT2D eigenvalue weighted by Gasteiger charge is -2.43. The predicted molar refractivity (Wildman–Crippen MR) is 71.3 cm³/mol. The van der Waals surface area contributed by atoms with E-state index in [2.05, 4.69) is 15.2 Å². The Morgan fingerprint density at radius 1 is 1.32 bits per heavy atom. The van der Waals surface area contributed by atoms with E-state index in [-0.39, 0.29) is 10.6 Å². The zero-order valence-corrected chi connectivity index (χ0v) is 10.7. The number of piperazine rings is 1. The molecule has 0 atom stereocenters. The summed E-state index contributed by atoms with van der Waals surface area (Å²) < 4.78 is 0. The van der Waals surface area contributed by atoms with Gasteiger partial charge in [-0.1, -0.05) is 0 Å². The lowest BCUT2D eigenvalue weighted by atomic mass is 10.1. The van der Waals surface area contributed by atoms with Crippen LogP contribution in [0.5, 0.6) is 0 Å². The molecule has 0 radical (unpaired) electrons. The summed E-state index contributed by atoms with van der Waals surface area (Å²) in [6.07, 6.45) is 1.62. The number of anilines is 1. The number of pyridine rings is 1. The van der Waals surface area contributed by atoms with Gasteiger partial charge in [0.2, 0.25) is 5.82 Å². The van der Waals surface area contributed by atoms with E-state index in [0.717, 1.165) is 39.3 Å². The van der Waals surface area contributed by atoms with Crippen molar-refractivity contribution in [1.29, 1.82) is 0 Å². The smallest absolute Gasteiger partial charge is 0.311 e. The molecule has 0 spiro atoms.